The van der Waals surface area contributed by atoms with E-state index in [2.05, 4.69) is 26.6 Å². The summed E-state index contributed by atoms with van der Waals surface area (Å²) in [5.74, 6) is 0.475. The molecule has 4 aromatic rings. The van der Waals surface area contributed by atoms with E-state index in [9.17, 15) is 4.79 Å². The van der Waals surface area contributed by atoms with Crippen LogP contribution in [0.1, 0.15) is 33.3 Å². The highest BCUT2D eigenvalue weighted by Crippen LogP contribution is 2.43. The Hall–Kier alpha value is -3.96. The molecule has 1 atom stereocenters. The monoisotopic (exact) mass is 620 g/mol. The summed E-state index contributed by atoms with van der Waals surface area (Å²) in [4.78, 5) is 30.6. The van der Waals surface area contributed by atoms with E-state index in [0.29, 0.717) is 47.5 Å². The number of benzene rings is 2. The molecule has 0 bridgehead atoms. The van der Waals surface area contributed by atoms with E-state index in [1.807, 2.05) is 65.7 Å². The van der Waals surface area contributed by atoms with Crippen LogP contribution in [0.25, 0.3) is 32.9 Å². The third-order valence-corrected chi connectivity index (χ3v) is 8.71. The summed E-state index contributed by atoms with van der Waals surface area (Å²) in [6.07, 6.45) is 1.24. The van der Waals surface area contributed by atoms with Crippen molar-refractivity contribution in [3.63, 3.8) is 0 Å². The van der Waals surface area contributed by atoms with Crippen molar-refractivity contribution in [1.29, 1.82) is 0 Å². The molecule has 232 valence electrons. The van der Waals surface area contributed by atoms with Crippen molar-refractivity contribution in [1.82, 2.24) is 30.0 Å². The number of nitrogens with one attached hydrogen (secondary N) is 1. The van der Waals surface area contributed by atoms with Gasteiger partial charge in [0.25, 0.3) is 0 Å². The third-order valence-electron chi connectivity index (χ3n) is 8.41. The van der Waals surface area contributed by atoms with E-state index in [1.54, 1.807) is 17.2 Å². The smallest absolute Gasteiger partial charge is 0.414 e. The highest BCUT2D eigenvalue weighted by atomic mass is 35.5. The summed E-state index contributed by atoms with van der Waals surface area (Å²) in [7, 11) is 4.08. The first-order valence-electron chi connectivity index (χ1n) is 14.7. The lowest BCUT2D eigenvalue weighted by molar-refractivity contribution is 0.0287. The molecule has 2 aliphatic rings. The molecular weight excluding hydrogens is 583 g/mol. The molecule has 1 amide bonds. The molecule has 2 fully saturated rings. The zero-order valence-electron chi connectivity index (χ0n) is 26.2. The minimum Gasteiger partial charge on any atom is -0.443 e. The fraction of sp³-hybridized carbons (Fsp3) is 0.438. The van der Waals surface area contributed by atoms with Crippen molar-refractivity contribution < 1.29 is 13.9 Å². The quantitative estimate of drug-likeness (QED) is 0.298. The topological polar surface area (TPSA) is 93.7 Å². The number of amides is 1. The Morgan fingerprint density at radius 1 is 1.16 bits per heavy atom. The Balaban J connectivity index is 1.48. The van der Waals surface area contributed by atoms with Crippen LogP contribution in [0.15, 0.2) is 36.7 Å². The molecule has 0 unspecified atom stereocenters. The predicted molar refractivity (Wildman–Crippen MR) is 173 cm³/mol. The second-order valence-corrected chi connectivity index (χ2v) is 13.4. The number of hydrogen-bond acceptors (Lipinski definition) is 8. The van der Waals surface area contributed by atoms with Gasteiger partial charge in [-0.25, -0.2) is 14.2 Å². The maximum atomic E-state index is 16.9. The lowest BCUT2D eigenvalue weighted by Crippen LogP contribution is -2.58. The zero-order valence-corrected chi connectivity index (χ0v) is 27.0. The summed E-state index contributed by atoms with van der Waals surface area (Å²) in [5, 5.41) is 8.66. The second-order valence-electron chi connectivity index (χ2n) is 13.0. The van der Waals surface area contributed by atoms with Gasteiger partial charge in [-0.05, 0) is 66.4 Å². The normalized spacial score (nSPS) is 18.1. The zero-order chi connectivity index (χ0) is 31.7. The standard InChI is InChI=1S/C32H38ClFN8O2/c1-17-9-10-24-22(12-35-38-24)25(17)26-23(33)11-21-28(27(26)34)36-30(40-15-20(16-40)39(7)8)37-29(21)41-13-19(3)42(14-18(41)2)31(43)44-32(4,5)6/h9-12,18,20H,3,13-16H2,1-2,4-8H3,(H,35,38)/t18-/m0/s1. The van der Waals surface area contributed by atoms with Crippen LogP contribution in [0.4, 0.5) is 21.0 Å². The number of hydrogen-bond donors (Lipinski definition) is 1. The molecule has 10 nitrogen and oxygen atoms in total. The Labute approximate surface area is 261 Å². The molecule has 0 spiro atoms. The number of aryl methyl sites for hydroxylation is 1. The molecule has 2 aromatic carbocycles. The fourth-order valence-electron chi connectivity index (χ4n) is 5.90. The van der Waals surface area contributed by atoms with Crippen molar-refractivity contribution >= 4 is 51.3 Å². The summed E-state index contributed by atoms with van der Waals surface area (Å²) >= 11 is 6.93. The van der Waals surface area contributed by atoms with Crippen LogP contribution in [0.5, 0.6) is 0 Å². The molecule has 2 aromatic heterocycles. The highest BCUT2D eigenvalue weighted by Gasteiger charge is 2.36. The third kappa shape index (κ3) is 5.21. The average Bonchev–Trinajstić information content (AvgIpc) is 3.38. The second kappa shape index (κ2) is 10.9. The number of carbonyl (C=O) groups excluding carboxylic acids is 1. The van der Waals surface area contributed by atoms with Crippen LogP contribution in [0, 0.1) is 12.7 Å². The number of likely N-dealkylation sites (N-methyl/N-ethyl adjacent to an activating group) is 1. The number of fused-ring (bicyclic) bond motifs is 2. The lowest BCUT2D eigenvalue weighted by Gasteiger charge is -2.44. The van der Waals surface area contributed by atoms with Crippen LogP contribution in [0.3, 0.4) is 0 Å². The first-order valence-corrected chi connectivity index (χ1v) is 15.1. The SMILES string of the molecule is C=C1CN(c2nc(N3CC(N(C)C)C3)nc3c(F)c(-c4c(C)ccc5[nH]ncc45)c(Cl)cc23)[C@@H](C)CN1C(=O)OC(C)(C)C. The van der Waals surface area contributed by atoms with Crippen molar-refractivity contribution in [2.75, 3.05) is 50.1 Å². The number of piperazine rings is 1. The summed E-state index contributed by atoms with van der Waals surface area (Å²) in [6, 6.07) is 5.75. The van der Waals surface area contributed by atoms with Gasteiger partial charge >= 0.3 is 6.09 Å². The van der Waals surface area contributed by atoms with Crippen LogP contribution in [-0.2, 0) is 4.74 Å². The number of ether oxygens (including phenoxy) is 1. The number of aromatic amines is 1. The average molecular weight is 621 g/mol. The van der Waals surface area contributed by atoms with E-state index in [1.165, 1.54) is 0 Å². The molecule has 0 saturated carbocycles. The number of aromatic nitrogens is 4. The Morgan fingerprint density at radius 2 is 1.89 bits per heavy atom. The highest BCUT2D eigenvalue weighted by molar-refractivity contribution is 6.35. The van der Waals surface area contributed by atoms with E-state index in [-0.39, 0.29) is 22.1 Å². The Morgan fingerprint density at radius 3 is 2.57 bits per heavy atom. The Bertz CT molecular complexity index is 1790. The largest absolute Gasteiger partial charge is 0.443 e. The van der Waals surface area contributed by atoms with Crippen LogP contribution in [-0.4, -0.2) is 94.0 Å². The minimum atomic E-state index is -0.637. The van der Waals surface area contributed by atoms with Crippen LogP contribution >= 0.6 is 11.6 Å². The van der Waals surface area contributed by atoms with Crippen LogP contribution in [0.2, 0.25) is 5.02 Å². The first-order chi connectivity index (χ1) is 20.7. The summed E-state index contributed by atoms with van der Waals surface area (Å²) < 4.78 is 22.5. The number of carbonyl (C=O) groups is 1. The van der Waals surface area contributed by atoms with E-state index < -0.39 is 17.5 Å². The Kier molecular flexibility index (Phi) is 7.44. The van der Waals surface area contributed by atoms with E-state index >= 15 is 4.39 Å². The van der Waals surface area contributed by atoms with Crippen molar-refractivity contribution in [3.05, 3.63) is 53.1 Å². The van der Waals surface area contributed by atoms with Gasteiger partial charge in [-0.15, -0.1) is 0 Å². The first kappa shape index (κ1) is 30.1. The van der Waals surface area contributed by atoms with Gasteiger partial charge in [0.2, 0.25) is 5.95 Å². The fourth-order valence-corrected chi connectivity index (χ4v) is 6.18. The van der Waals surface area contributed by atoms with Gasteiger partial charge < -0.3 is 19.4 Å². The molecule has 0 radical (unpaired) electrons. The molecule has 2 aliphatic heterocycles. The van der Waals surface area contributed by atoms with Gasteiger partial charge in [0.05, 0.1) is 23.3 Å². The lowest BCUT2D eigenvalue weighted by atomic mass is 9.95. The van der Waals surface area contributed by atoms with Crippen molar-refractivity contribution in [2.45, 2.75) is 52.3 Å². The maximum Gasteiger partial charge on any atom is 0.414 e. The number of rotatable bonds is 4. The molecule has 2 saturated heterocycles. The molecule has 4 heterocycles. The molecular formula is C32H38ClFN8O2. The van der Waals surface area contributed by atoms with Gasteiger partial charge in [0.15, 0.2) is 5.82 Å². The number of nitrogens with zero attached hydrogens (tertiary/aromatic N) is 7. The molecule has 44 heavy (non-hydrogen) atoms. The van der Waals surface area contributed by atoms with Crippen molar-refractivity contribution in [3.8, 4) is 11.1 Å². The van der Waals surface area contributed by atoms with E-state index in [4.69, 9.17) is 26.3 Å². The molecule has 0 aliphatic carbocycles. The predicted octanol–water partition coefficient (Wildman–Crippen LogP) is 5.98. The number of halogens is 2. The van der Waals surface area contributed by atoms with Gasteiger partial charge in [0, 0.05) is 59.3 Å². The molecule has 6 rings (SSSR count). The van der Waals surface area contributed by atoms with Gasteiger partial charge in [-0.1, -0.05) is 24.2 Å². The molecule has 12 heteroatoms. The number of anilines is 2. The van der Waals surface area contributed by atoms with E-state index in [0.717, 1.165) is 29.6 Å². The van der Waals surface area contributed by atoms with Crippen LogP contribution < -0.4 is 9.80 Å². The molecule has 1 N–H and O–H groups in total. The summed E-state index contributed by atoms with van der Waals surface area (Å²) in [6.45, 7) is 15.7. The van der Waals surface area contributed by atoms with Gasteiger partial charge in [0.1, 0.15) is 16.9 Å². The number of H-pyrrole nitrogens is 1. The maximum absolute atomic E-state index is 16.9. The van der Waals surface area contributed by atoms with Gasteiger partial charge in [-0.2, -0.15) is 10.1 Å². The van der Waals surface area contributed by atoms with Gasteiger partial charge in [-0.3, -0.25) is 10.00 Å². The minimum absolute atomic E-state index is 0.185. The van der Waals surface area contributed by atoms with Crippen molar-refractivity contribution in [2.24, 2.45) is 0 Å². The summed E-state index contributed by atoms with van der Waals surface area (Å²) in [5.41, 5.74) is 2.72.